The summed E-state index contributed by atoms with van der Waals surface area (Å²) in [5, 5.41) is 6.51. The first kappa shape index (κ1) is 15.5. The van der Waals surface area contributed by atoms with Crippen molar-refractivity contribution in [2.45, 2.75) is 57.5 Å². The predicted molar refractivity (Wildman–Crippen MR) is 80.5 cm³/mol. The second-order valence-electron chi connectivity index (χ2n) is 6.25. The molecule has 4 nitrogen and oxygen atoms in total. The van der Waals surface area contributed by atoms with Gasteiger partial charge in [0.1, 0.15) is 0 Å². The van der Waals surface area contributed by atoms with Crippen molar-refractivity contribution in [1.29, 1.82) is 0 Å². The second-order valence-corrected chi connectivity index (χ2v) is 6.25. The lowest BCUT2D eigenvalue weighted by atomic mass is 9.77. The molecule has 3 unspecified atom stereocenters. The summed E-state index contributed by atoms with van der Waals surface area (Å²) in [5.41, 5.74) is 1.01. The van der Waals surface area contributed by atoms with Crippen LogP contribution in [0.4, 0.5) is 0 Å². The lowest BCUT2D eigenvalue weighted by Crippen LogP contribution is -2.55. The quantitative estimate of drug-likeness (QED) is 0.578. The van der Waals surface area contributed by atoms with Gasteiger partial charge in [-0.05, 0) is 38.5 Å². The van der Waals surface area contributed by atoms with Crippen molar-refractivity contribution < 1.29 is 9.53 Å². The molecule has 1 saturated carbocycles. The fourth-order valence-electron chi connectivity index (χ4n) is 3.32. The largest absolute Gasteiger partial charge is 0.375 e. The van der Waals surface area contributed by atoms with Gasteiger partial charge in [-0.2, -0.15) is 0 Å². The van der Waals surface area contributed by atoms with Crippen molar-refractivity contribution in [3.8, 4) is 0 Å². The summed E-state index contributed by atoms with van der Waals surface area (Å²) in [4.78, 5) is 12.1. The third kappa shape index (κ3) is 4.60. The fraction of sp³-hybridized carbons (Fsp3) is 0.812. The first-order valence-electron chi connectivity index (χ1n) is 7.92. The van der Waals surface area contributed by atoms with E-state index in [2.05, 4.69) is 17.2 Å². The number of ether oxygens (including phenoxy) is 1. The number of amides is 1. The molecule has 0 radical (unpaired) electrons. The molecule has 4 heteroatoms. The molecule has 1 aliphatic carbocycles. The van der Waals surface area contributed by atoms with Crippen LogP contribution in [0.2, 0.25) is 0 Å². The van der Waals surface area contributed by atoms with Gasteiger partial charge in [0, 0.05) is 12.6 Å². The number of nitrogens with one attached hydrogen (secondary N) is 2. The van der Waals surface area contributed by atoms with Gasteiger partial charge < -0.3 is 15.4 Å². The lowest BCUT2D eigenvalue weighted by molar-refractivity contribution is -0.124. The van der Waals surface area contributed by atoms with E-state index in [-0.39, 0.29) is 11.9 Å². The van der Waals surface area contributed by atoms with Crippen LogP contribution in [0.15, 0.2) is 12.2 Å². The van der Waals surface area contributed by atoms with E-state index in [9.17, 15) is 4.79 Å². The van der Waals surface area contributed by atoms with Crippen LogP contribution in [-0.2, 0) is 9.53 Å². The van der Waals surface area contributed by atoms with Gasteiger partial charge in [0.2, 0.25) is 5.91 Å². The molecule has 0 aromatic rings. The van der Waals surface area contributed by atoms with Crippen molar-refractivity contribution in [2.75, 3.05) is 19.8 Å². The van der Waals surface area contributed by atoms with Gasteiger partial charge in [-0.15, -0.1) is 0 Å². The Bertz CT molecular complexity index is 343. The Kier molecular flexibility index (Phi) is 6.05. The molecule has 114 valence electrons. The van der Waals surface area contributed by atoms with Crippen LogP contribution in [0.25, 0.3) is 0 Å². The molecule has 20 heavy (non-hydrogen) atoms. The van der Waals surface area contributed by atoms with Gasteiger partial charge >= 0.3 is 0 Å². The Balaban J connectivity index is 1.64. The van der Waals surface area contributed by atoms with Crippen LogP contribution in [-0.4, -0.2) is 37.7 Å². The summed E-state index contributed by atoms with van der Waals surface area (Å²) in [6.07, 6.45) is 7.40. The van der Waals surface area contributed by atoms with Gasteiger partial charge in [0.05, 0.1) is 19.3 Å². The van der Waals surface area contributed by atoms with Crippen LogP contribution in [0.3, 0.4) is 0 Å². The zero-order valence-corrected chi connectivity index (χ0v) is 12.6. The molecular weight excluding hydrogens is 252 g/mol. The molecule has 2 aliphatic rings. The minimum Gasteiger partial charge on any atom is -0.375 e. The summed E-state index contributed by atoms with van der Waals surface area (Å²) in [5.74, 6) is 0.930. The van der Waals surface area contributed by atoms with Crippen LogP contribution >= 0.6 is 0 Å². The van der Waals surface area contributed by atoms with Crippen molar-refractivity contribution in [1.82, 2.24) is 10.6 Å². The Morgan fingerprint density at radius 3 is 2.90 bits per heavy atom. The smallest absolute Gasteiger partial charge is 0.237 e. The molecule has 2 rings (SSSR count). The van der Waals surface area contributed by atoms with Gasteiger partial charge in [-0.1, -0.05) is 25.0 Å². The molecular formula is C16H28N2O2. The third-order valence-corrected chi connectivity index (χ3v) is 4.36. The number of piperidine rings is 1. The highest BCUT2D eigenvalue weighted by Crippen LogP contribution is 2.32. The predicted octanol–water partition coefficient (Wildman–Crippen LogP) is 2.01. The molecule has 3 atom stereocenters. The molecule has 0 bridgehead atoms. The standard InChI is InChI=1S/C16H28N2O2/c1-12(2)11-20-10-9-17-16(19)15-8-7-13-5-3-4-6-14(13)18-15/h13-15,18H,1,3-11H2,2H3,(H,17,19). The summed E-state index contributed by atoms with van der Waals surface area (Å²) in [6, 6.07) is 0.559. The van der Waals surface area contributed by atoms with Crippen LogP contribution in [0, 0.1) is 5.92 Å². The molecule has 2 fully saturated rings. The molecule has 1 amide bonds. The first-order valence-corrected chi connectivity index (χ1v) is 7.92. The van der Waals surface area contributed by atoms with Crippen LogP contribution in [0.5, 0.6) is 0 Å². The van der Waals surface area contributed by atoms with Gasteiger partial charge in [-0.25, -0.2) is 0 Å². The SMILES string of the molecule is C=C(C)COCCNC(=O)C1CCC2CCCCC2N1. The Labute approximate surface area is 122 Å². The van der Waals surface area contributed by atoms with E-state index >= 15 is 0 Å². The summed E-state index contributed by atoms with van der Waals surface area (Å²) in [6.45, 7) is 7.42. The minimum atomic E-state index is -0.00418. The number of rotatable bonds is 6. The number of fused-ring (bicyclic) bond motifs is 1. The highest BCUT2D eigenvalue weighted by atomic mass is 16.5. The van der Waals surface area contributed by atoms with E-state index in [0.717, 1.165) is 17.9 Å². The summed E-state index contributed by atoms with van der Waals surface area (Å²) in [7, 11) is 0. The topological polar surface area (TPSA) is 50.4 Å². The van der Waals surface area contributed by atoms with Crippen molar-refractivity contribution >= 4 is 5.91 Å². The van der Waals surface area contributed by atoms with E-state index in [1.165, 1.54) is 32.1 Å². The maximum Gasteiger partial charge on any atom is 0.237 e. The van der Waals surface area contributed by atoms with Crippen molar-refractivity contribution in [3.05, 3.63) is 12.2 Å². The minimum absolute atomic E-state index is 0.00418. The molecule has 1 saturated heterocycles. The van der Waals surface area contributed by atoms with E-state index in [1.807, 2.05) is 6.92 Å². The molecule has 0 aromatic carbocycles. The fourth-order valence-corrected chi connectivity index (χ4v) is 3.32. The number of hydrogen-bond donors (Lipinski definition) is 2. The van der Waals surface area contributed by atoms with E-state index in [4.69, 9.17) is 4.74 Å². The van der Waals surface area contributed by atoms with E-state index in [0.29, 0.717) is 25.8 Å². The summed E-state index contributed by atoms with van der Waals surface area (Å²) < 4.78 is 5.38. The Hall–Kier alpha value is -0.870. The number of carbonyl (C=O) groups is 1. The van der Waals surface area contributed by atoms with Gasteiger partial charge in [0.15, 0.2) is 0 Å². The lowest BCUT2D eigenvalue weighted by Gasteiger charge is -2.39. The normalized spacial score (nSPS) is 29.6. The molecule has 2 N–H and O–H groups in total. The zero-order valence-electron chi connectivity index (χ0n) is 12.6. The van der Waals surface area contributed by atoms with E-state index in [1.54, 1.807) is 0 Å². The van der Waals surface area contributed by atoms with E-state index < -0.39 is 0 Å². The van der Waals surface area contributed by atoms with Crippen LogP contribution < -0.4 is 10.6 Å². The number of carbonyl (C=O) groups excluding carboxylic acids is 1. The molecule has 1 heterocycles. The third-order valence-electron chi connectivity index (χ3n) is 4.36. The molecule has 0 aromatic heterocycles. The number of hydrogen-bond acceptors (Lipinski definition) is 3. The van der Waals surface area contributed by atoms with Crippen LogP contribution in [0.1, 0.15) is 45.4 Å². The average Bonchev–Trinajstić information content (AvgIpc) is 2.46. The van der Waals surface area contributed by atoms with Gasteiger partial charge in [0.25, 0.3) is 0 Å². The van der Waals surface area contributed by atoms with Crippen molar-refractivity contribution in [2.24, 2.45) is 5.92 Å². The average molecular weight is 280 g/mol. The van der Waals surface area contributed by atoms with Crippen molar-refractivity contribution in [3.63, 3.8) is 0 Å². The monoisotopic (exact) mass is 280 g/mol. The Morgan fingerprint density at radius 2 is 2.10 bits per heavy atom. The second kappa shape index (κ2) is 7.79. The maximum absolute atomic E-state index is 12.1. The Morgan fingerprint density at radius 1 is 1.30 bits per heavy atom. The molecule has 1 aliphatic heterocycles. The highest BCUT2D eigenvalue weighted by Gasteiger charge is 2.34. The molecule has 0 spiro atoms. The first-order chi connectivity index (χ1) is 9.66. The highest BCUT2D eigenvalue weighted by molar-refractivity contribution is 5.81. The van der Waals surface area contributed by atoms with Gasteiger partial charge in [-0.3, -0.25) is 4.79 Å². The zero-order chi connectivity index (χ0) is 14.4. The maximum atomic E-state index is 12.1. The summed E-state index contributed by atoms with van der Waals surface area (Å²) >= 11 is 0.